The number of nitrogens with zero attached hydrogens (tertiary/aromatic N) is 7. The largest absolute Gasteiger partial charge is 0.388 e. The van der Waals surface area contributed by atoms with Crippen LogP contribution in [0.15, 0.2) is 35.2 Å². The second-order valence-corrected chi connectivity index (χ2v) is 9.92. The molecule has 2 aliphatic rings. The number of aliphatic hydroxyl groups is 2. The third kappa shape index (κ3) is 5.04. The van der Waals surface area contributed by atoms with Crippen LogP contribution in [0.5, 0.6) is 0 Å². The molecule has 12 nitrogen and oxygen atoms in total. The number of alkyl halides is 2. The zero-order valence-corrected chi connectivity index (χ0v) is 21.3. The van der Waals surface area contributed by atoms with Crippen LogP contribution < -0.4 is 10.2 Å². The SMILES string of the molecule is O=C(c1ccc(Nc2ncnc3c2c(F)cn3C2CCN(c3noc(C(F)F)n3)CC2)c(F)c1)N1C[C@H](O)[C@@H](O)C1. The number of fused-ring (bicyclic) bond motifs is 1. The van der Waals surface area contributed by atoms with Gasteiger partial charge in [-0.3, -0.25) is 4.79 Å². The van der Waals surface area contributed by atoms with Crippen LogP contribution in [0.4, 0.5) is 35.0 Å². The highest BCUT2D eigenvalue weighted by Gasteiger charge is 2.33. The Kier molecular flexibility index (Phi) is 6.94. The number of β-amino-alcohol motifs (C(OH)–C–C–N with tert-alkyl or cyclic N) is 2. The van der Waals surface area contributed by atoms with Crippen molar-refractivity contribution in [3.63, 3.8) is 0 Å². The summed E-state index contributed by atoms with van der Waals surface area (Å²) in [5.74, 6) is -2.60. The third-order valence-electron chi connectivity index (χ3n) is 7.34. The summed E-state index contributed by atoms with van der Waals surface area (Å²) in [5, 5.41) is 25.8. The Morgan fingerprint density at radius 1 is 1.07 bits per heavy atom. The Bertz CT molecular complexity index is 1580. The maximum atomic E-state index is 15.2. The monoisotopic (exact) mass is 576 g/mol. The number of hydrogen-bond donors (Lipinski definition) is 3. The lowest BCUT2D eigenvalue weighted by Crippen LogP contribution is -2.35. The lowest BCUT2D eigenvalue weighted by atomic mass is 10.1. The van der Waals surface area contributed by atoms with Crippen LogP contribution in [0, 0.1) is 11.6 Å². The average molecular weight is 577 g/mol. The van der Waals surface area contributed by atoms with Crippen molar-refractivity contribution in [1.29, 1.82) is 0 Å². The predicted octanol–water partition coefficient (Wildman–Crippen LogP) is 2.79. The standard InChI is InChI=1S/C25H24F4N8O4/c26-14-7-12(24(40)36-9-17(38)18(39)10-36)1-2-16(14)32-21-19-15(27)8-37(22(19)31-11-30-21)13-3-5-35(6-4-13)25-33-23(20(28)29)41-34-25/h1-2,7-8,11,13,17-18,20,38-39H,3-6,9-10H2,(H,30,31,32)/t17-,18-/m0/s1. The Morgan fingerprint density at radius 2 is 1.80 bits per heavy atom. The molecule has 0 unspecified atom stereocenters. The highest BCUT2D eigenvalue weighted by atomic mass is 19.3. The van der Waals surface area contributed by atoms with E-state index in [0.29, 0.717) is 25.9 Å². The molecule has 0 bridgehead atoms. The van der Waals surface area contributed by atoms with Crippen molar-refractivity contribution >= 4 is 34.4 Å². The van der Waals surface area contributed by atoms with Crippen LogP contribution in [0.2, 0.25) is 0 Å². The summed E-state index contributed by atoms with van der Waals surface area (Å²) in [6.07, 6.45) is -1.43. The van der Waals surface area contributed by atoms with Gasteiger partial charge in [0.2, 0.25) is 0 Å². The fourth-order valence-electron chi connectivity index (χ4n) is 5.20. The maximum Gasteiger partial charge on any atom is 0.316 e. The molecule has 216 valence electrons. The van der Waals surface area contributed by atoms with Crippen molar-refractivity contribution in [2.24, 2.45) is 0 Å². The number of amides is 1. The third-order valence-corrected chi connectivity index (χ3v) is 7.34. The van der Waals surface area contributed by atoms with E-state index < -0.39 is 42.1 Å². The van der Waals surface area contributed by atoms with Crippen molar-refractivity contribution in [1.82, 2.24) is 29.6 Å². The summed E-state index contributed by atoms with van der Waals surface area (Å²) >= 11 is 0. The number of rotatable bonds is 6. The molecule has 0 aliphatic carbocycles. The molecular formula is C25H24F4N8O4. The molecule has 0 saturated carbocycles. The highest BCUT2D eigenvalue weighted by molar-refractivity contribution is 5.95. The second-order valence-electron chi connectivity index (χ2n) is 9.92. The number of piperidine rings is 1. The summed E-state index contributed by atoms with van der Waals surface area (Å²) in [6.45, 7) is 0.700. The van der Waals surface area contributed by atoms with Crippen LogP contribution in [-0.2, 0) is 0 Å². The Labute approximate surface area is 229 Å². The van der Waals surface area contributed by atoms with Gasteiger partial charge in [0.25, 0.3) is 17.7 Å². The Balaban J connectivity index is 1.18. The fraction of sp³-hybridized carbons (Fsp3) is 0.400. The van der Waals surface area contributed by atoms with Crippen LogP contribution in [0.3, 0.4) is 0 Å². The smallest absolute Gasteiger partial charge is 0.316 e. The van der Waals surface area contributed by atoms with Gasteiger partial charge in [-0.1, -0.05) is 0 Å². The van der Waals surface area contributed by atoms with E-state index in [4.69, 9.17) is 0 Å². The second kappa shape index (κ2) is 10.6. The molecule has 3 N–H and O–H groups in total. The zero-order chi connectivity index (χ0) is 28.8. The Hall–Kier alpha value is -4.31. The summed E-state index contributed by atoms with van der Waals surface area (Å²) < 4.78 is 62.0. The predicted molar refractivity (Wildman–Crippen MR) is 135 cm³/mol. The van der Waals surface area contributed by atoms with Crippen molar-refractivity contribution < 1.29 is 37.1 Å². The first kappa shape index (κ1) is 26.9. The molecule has 2 aliphatic heterocycles. The fourth-order valence-corrected chi connectivity index (χ4v) is 5.20. The van der Waals surface area contributed by atoms with Crippen LogP contribution in [0.1, 0.15) is 41.6 Å². The minimum Gasteiger partial charge on any atom is -0.388 e. The van der Waals surface area contributed by atoms with Crippen molar-refractivity contribution in [3.05, 3.63) is 53.8 Å². The van der Waals surface area contributed by atoms with Gasteiger partial charge in [-0.2, -0.15) is 13.8 Å². The molecule has 41 heavy (non-hydrogen) atoms. The van der Waals surface area contributed by atoms with E-state index in [1.807, 2.05) is 0 Å². The van der Waals surface area contributed by atoms with Crippen LogP contribution >= 0.6 is 0 Å². The van der Waals surface area contributed by atoms with Crippen molar-refractivity contribution in [2.75, 3.05) is 36.4 Å². The minimum absolute atomic E-state index is 0.0251. The number of carbonyl (C=O) groups is 1. The first-order chi connectivity index (χ1) is 19.7. The van der Waals surface area contributed by atoms with Gasteiger partial charge in [0, 0.05) is 44.0 Å². The summed E-state index contributed by atoms with van der Waals surface area (Å²) in [6, 6.07) is 3.55. The molecule has 16 heteroatoms. The number of aromatic nitrogens is 5. The molecule has 4 aromatic rings. The quantitative estimate of drug-likeness (QED) is 0.293. The van der Waals surface area contributed by atoms with E-state index in [0.717, 1.165) is 6.07 Å². The summed E-state index contributed by atoms with van der Waals surface area (Å²) in [4.78, 5) is 27.7. The van der Waals surface area contributed by atoms with E-state index >= 15 is 8.78 Å². The van der Waals surface area contributed by atoms with Gasteiger partial charge in [-0.25, -0.2) is 18.7 Å². The van der Waals surface area contributed by atoms with Gasteiger partial charge >= 0.3 is 6.43 Å². The number of benzene rings is 1. The molecule has 2 fully saturated rings. The lowest BCUT2D eigenvalue weighted by Gasteiger charge is -2.31. The molecule has 1 aromatic carbocycles. The van der Waals surface area contributed by atoms with Crippen LogP contribution in [-0.4, -0.2) is 84.1 Å². The minimum atomic E-state index is -2.86. The molecule has 5 heterocycles. The van der Waals surface area contributed by atoms with Gasteiger partial charge in [0.1, 0.15) is 23.6 Å². The molecule has 0 radical (unpaired) electrons. The molecule has 2 saturated heterocycles. The van der Waals surface area contributed by atoms with E-state index in [1.54, 1.807) is 9.47 Å². The van der Waals surface area contributed by atoms with E-state index in [9.17, 15) is 23.8 Å². The van der Waals surface area contributed by atoms with Gasteiger partial charge in [-0.15, -0.1) is 0 Å². The van der Waals surface area contributed by atoms with Crippen molar-refractivity contribution in [2.45, 2.75) is 37.5 Å². The first-order valence-electron chi connectivity index (χ1n) is 12.8. The Morgan fingerprint density at radius 3 is 2.46 bits per heavy atom. The van der Waals surface area contributed by atoms with Gasteiger partial charge in [0.15, 0.2) is 5.82 Å². The van der Waals surface area contributed by atoms with Crippen molar-refractivity contribution in [3.8, 4) is 0 Å². The number of carbonyl (C=O) groups excluding carboxylic acids is 1. The summed E-state index contributed by atoms with van der Waals surface area (Å²) in [5.41, 5.74) is 0.264. The first-order valence-corrected chi connectivity index (χ1v) is 12.8. The van der Waals surface area contributed by atoms with Gasteiger partial charge in [0.05, 0.1) is 23.3 Å². The number of anilines is 3. The topological polar surface area (TPSA) is 146 Å². The average Bonchev–Trinajstić information content (AvgIpc) is 3.68. The van der Waals surface area contributed by atoms with E-state index in [-0.39, 0.29) is 53.2 Å². The van der Waals surface area contributed by atoms with Crippen LogP contribution in [0.25, 0.3) is 11.0 Å². The number of halogens is 4. The van der Waals surface area contributed by atoms with E-state index in [2.05, 4.69) is 29.9 Å². The normalized spacial score (nSPS) is 20.0. The zero-order valence-electron chi connectivity index (χ0n) is 21.3. The molecule has 2 atom stereocenters. The number of nitrogens with one attached hydrogen (secondary N) is 1. The highest BCUT2D eigenvalue weighted by Crippen LogP contribution is 2.34. The summed E-state index contributed by atoms with van der Waals surface area (Å²) in [7, 11) is 0. The number of likely N-dealkylation sites (tertiary alicyclic amines) is 1. The maximum absolute atomic E-state index is 15.2. The number of hydrogen-bond acceptors (Lipinski definition) is 10. The molecule has 0 spiro atoms. The molecule has 1 amide bonds. The number of aliphatic hydroxyl groups excluding tert-OH is 2. The lowest BCUT2D eigenvalue weighted by molar-refractivity contribution is 0.0572. The van der Waals surface area contributed by atoms with Gasteiger partial charge in [-0.05, 0) is 36.2 Å². The van der Waals surface area contributed by atoms with E-state index in [1.165, 1.54) is 29.6 Å². The molecular weight excluding hydrogens is 552 g/mol. The van der Waals surface area contributed by atoms with Gasteiger partial charge < -0.3 is 34.4 Å². The molecule has 3 aromatic heterocycles. The molecule has 6 rings (SSSR count).